The van der Waals surface area contributed by atoms with Crippen LogP contribution in [0.1, 0.15) is 92.4 Å². The normalized spacial score (nSPS) is 12.9. The van der Waals surface area contributed by atoms with Crippen LogP contribution in [0.2, 0.25) is 18.1 Å². The first-order valence-electron chi connectivity index (χ1n) is 13.5. The van der Waals surface area contributed by atoms with Gasteiger partial charge in [0.2, 0.25) is 5.78 Å². The molecule has 35 heavy (non-hydrogen) atoms. The van der Waals surface area contributed by atoms with Gasteiger partial charge in [0.15, 0.2) is 8.32 Å². The van der Waals surface area contributed by atoms with Gasteiger partial charge in [0, 0.05) is 12.8 Å². The monoisotopic (exact) mass is 504 g/mol. The Hall–Kier alpha value is -2.08. The molecule has 0 saturated carbocycles. The highest BCUT2D eigenvalue weighted by molar-refractivity contribution is 6.73. The maximum atomic E-state index is 12.8. The van der Waals surface area contributed by atoms with Gasteiger partial charge in [-0.15, -0.1) is 0 Å². The smallest absolute Gasteiger partial charge is 0.334 e. The van der Waals surface area contributed by atoms with Crippen LogP contribution in [0.3, 0.4) is 0 Å². The van der Waals surface area contributed by atoms with E-state index in [1.54, 1.807) is 0 Å². The minimum atomic E-state index is -1.91. The van der Waals surface area contributed by atoms with Crippen LogP contribution in [0.15, 0.2) is 36.5 Å². The molecule has 0 radical (unpaired) electrons. The summed E-state index contributed by atoms with van der Waals surface area (Å²) >= 11 is 0. The van der Waals surface area contributed by atoms with E-state index in [0.29, 0.717) is 19.4 Å². The van der Waals surface area contributed by atoms with Crippen molar-refractivity contribution in [3.63, 3.8) is 0 Å². The van der Waals surface area contributed by atoms with E-state index in [2.05, 4.69) is 44.6 Å². The molecule has 0 fully saturated rings. The average molecular weight is 505 g/mol. The second-order valence-corrected chi connectivity index (χ2v) is 13.5. The van der Waals surface area contributed by atoms with Crippen molar-refractivity contribution in [2.24, 2.45) is 0 Å². The van der Waals surface area contributed by atoms with Crippen LogP contribution in [-0.4, -0.2) is 43.3 Å². The number of carbonyl (C=O) groups excluding carboxylic acids is 2. The lowest BCUT2D eigenvalue weighted by atomic mass is 10.0. The second-order valence-electron chi connectivity index (χ2n) is 8.75. The standard InChI is InChI=1S/C28H48N2O4Si/c1-6-11-18-22-26(30-29)27(31)24-25(34-35(8-3,9-4)10-5)21-19-16-14-12-13-15-17-20-23-28(32)33-7-2/h13-16,19,21,25H,6-12,17-18,20,22-24H2,1-5H3/b15-13-,16-14-,21-19+. The van der Waals surface area contributed by atoms with Crippen molar-refractivity contribution in [2.45, 2.75) is 117 Å². The second kappa shape index (κ2) is 21.2. The summed E-state index contributed by atoms with van der Waals surface area (Å²) in [5.74, 6) is -0.278. The molecule has 1 atom stereocenters. The van der Waals surface area contributed by atoms with Crippen LogP contribution in [0.5, 0.6) is 0 Å². The summed E-state index contributed by atoms with van der Waals surface area (Å²) in [6, 6.07) is 3.02. The third kappa shape index (κ3) is 15.5. The van der Waals surface area contributed by atoms with Crippen molar-refractivity contribution in [3.8, 4) is 0 Å². The first-order chi connectivity index (χ1) is 16.9. The maximum Gasteiger partial charge on any atom is 0.334 e. The highest BCUT2D eigenvalue weighted by Gasteiger charge is 2.33. The number of nitrogens with zero attached hydrogens (tertiary/aromatic N) is 2. The molecule has 1 unspecified atom stereocenters. The van der Waals surface area contributed by atoms with Crippen LogP contribution >= 0.6 is 0 Å². The van der Waals surface area contributed by atoms with Crippen LogP contribution in [0.4, 0.5) is 0 Å². The quantitative estimate of drug-likeness (QED) is 0.0238. The number of hydrogen-bond donors (Lipinski definition) is 0. The summed E-state index contributed by atoms with van der Waals surface area (Å²) in [7, 11) is -1.91. The van der Waals surface area contributed by atoms with Gasteiger partial charge in [-0.2, -0.15) is 4.79 Å². The summed E-state index contributed by atoms with van der Waals surface area (Å²) in [6.45, 7) is 10.9. The number of allylic oxidation sites excluding steroid dienone is 5. The average Bonchev–Trinajstić information content (AvgIpc) is 2.86. The van der Waals surface area contributed by atoms with E-state index in [4.69, 9.17) is 9.16 Å². The van der Waals surface area contributed by atoms with Gasteiger partial charge >= 0.3 is 11.7 Å². The Morgan fingerprint density at radius 2 is 1.63 bits per heavy atom. The Morgan fingerprint density at radius 3 is 2.23 bits per heavy atom. The lowest BCUT2D eigenvalue weighted by Crippen LogP contribution is -2.40. The van der Waals surface area contributed by atoms with E-state index < -0.39 is 8.32 Å². The third-order valence-corrected chi connectivity index (χ3v) is 10.9. The fourth-order valence-corrected chi connectivity index (χ4v) is 6.60. The van der Waals surface area contributed by atoms with Crippen molar-refractivity contribution in [2.75, 3.05) is 6.61 Å². The molecule has 0 spiro atoms. The molecule has 0 aliphatic carbocycles. The van der Waals surface area contributed by atoms with Crippen molar-refractivity contribution in [3.05, 3.63) is 42.0 Å². The number of carbonyl (C=O) groups is 2. The number of esters is 1. The van der Waals surface area contributed by atoms with Gasteiger partial charge in [-0.05, 0) is 50.7 Å². The molecule has 6 nitrogen and oxygen atoms in total. The number of hydrogen-bond acceptors (Lipinski definition) is 4. The largest absolute Gasteiger partial charge is 0.466 e. The lowest BCUT2D eigenvalue weighted by molar-refractivity contribution is -0.143. The number of unbranched alkanes of at least 4 members (excludes halogenated alkanes) is 3. The van der Waals surface area contributed by atoms with Crippen LogP contribution in [-0.2, 0) is 18.8 Å². The number of ketones is 1. The van der Waals surface area contributed by atoms with E-state index in [-0.39, 0.29) is 30.0 Å². The van der Waals surface area contributed by atoms with Crippen molar-refractivity contribution < 1.29 is 23.5 Å². The van der Waals surface area contributed by atoms with Crippen molar-refractivity contribution in [1.82, 2.24) is 0 Å². The predicted octanol–water partition coefficient (Wildman–Crippen LogP) is 7.38. The summed E-state index contributed by atoms with van der Waals surface area (Å²) in [6.07, 6.45) is 18.3. The Bertz CT molecular complexity index is 727. The molecule has 0 amide bonds. The lowest BCUT2D eigenvalue weighted by Gasteiger charge is -2.31. The molecular formula is C28H48N2O4Si. The zero-order chi connectivity index (χ0) is 26.4. The number of ether oxygens (including phenoxy) is 1. The molecule has 198 valence electrons. The van der Waals surface area contributed by atoms with Gasteiger partial charge in [0.25, 0.3) is 0 Å². The Balaban J connectivity index is 4.96. The van der Waals surface area contributed by atoms with Gasteiger partial charge in [-0.3, -0.25) is 9.59 Å². The van der Waals surface area contributed by atoms with E-state index >= 15 is 0 Å². The molecule has 0 saturated heterocycles. The minimum Gasteiger partial charge on any atom is -0.466 e. The molecular weight excluding hydrogens is 456 g/mol. The topological polar surface area (TPSA) is 89.0 Å². The van der Waals surface area contributed by atoms with Crippen molar-refractivity contribution >= 4 is 25.8 Å². The highest BCUT2D eigenvalue weighted by Crippen LogP contribution is 2.25. The van der Waals surface area contributed by atoms with Gasteiger partial charge in [0.05, 0.1) is 19.1 Å². The number of rotatable bonds is 21. The summed E-state index contributed by atoms with van der Waals surface area (Å²) in [5, 5.41) is 0. The zero-order valence-electron chi connectivity index (χ0n) is 22.8. The molecule has 0 aromatic heterocycles. The summed E-state index contributed by atoms with van der Waals surface area (Å²) in [5.41, 5.74) is 9.61. The Labute approximate surface area is 214 Å². The summed E-state index contributed by atoms with van der Waals surface area (Å²) < 4.78 is 11.5. The summed E-state index contributed by atoms with van der Waals surface area (Å²) in [4.78, 5) is 27.4. The first kappa shape index (κ1) is 32.9. The fraction of sp³-hybridized carbons (Fsp3) is 0.679. The van der Waals surface area contributed by atoms with E-state index in [1.165, 1.54) is 0 Å². The Kier molecular flexibility index (Phi) is 20.0. The van der Waals surface area contributed by atoms with Gasteiger partial charge < -0.3 is 14.7 Å². The molecule has 0 heterocycles. The van der Waals surface area contributed by atoms with Crippen LogP contribution < -0.4 is 0 Å². The molecule has 0 aromatic carbocycles. The molecule has 0 aliphatic heterocycles. The first-order valence-corrected chi connectivity index (χ1v) is 16.0. The van der Waals surface area contributed by atoms with E-state index in [1.807, 2.05) is 31.2 Å². The molecule has 0 bridgehead atoms. The number of Topliss-reactive ketones (excluding diaryl/α,β-unsaturated/α-hetero) is 1. The molecule has 0 N–H and O–H groups in total. The highest BCUT2D eigenvalue weighted by atomic mass is 28.4. The fourth-order valence-electron chi connectivity index (χ4n) is 3.79. The third-order valence-electron chi connectivity index (χ3n) is 6.25. The minimum absolute atomic E-state index is 0.138. The molecule has 0 aliphatic rings. The predicted molar refractivity (Wildman–Crippen MR) is 147 cm³/mol. The molecule has 0 rings (SSSR count). The van der Waals surface area contributed by atoms with Gasteiger partial charge in [-0.25, -0.2) is 0 Å². The maximum absolute atomic E-state index is 12.8. The van der Waals surface area contributed by atoms with Crippen molar-refractivity contribution in [1.29, 1.82) is 0 Å². The SMILES string of the molecule is CCCCCC(=[N+]=[N-])C(=O)CC(/C=C/C=C\C/C=C\CCCC(=O)OCC)O[Si](CC)(CC)CC. The zero-order valence-corrected chi connectivity index (χ0v) is 23.8. The van der Waals surface area contributed by atoms with Gasteiger partial charge in [0.1, 0.15) is 0 Å². The molecule has 0 aromatic rings. The van der Waals surface area contributed by atoms with E-state index in [0.717, 1.165) is 56.7 Å². The van der Waals surface area contributed by atoms with E-state index in [9.17, 15) is 15.1 Å². The Morgan fingerprint density at radius 1 is 0.914 bits per heavy atom. The van der Waals surface area contributed by atoms with Crippen LogP contribution in [0.25, 0.3) is 5.53 Å². The molecule has 7 heteroatoms. The van der Waals surface area contributed by atoms with Gasteiger partial charge in [-0.1, -0.05) is 77.0 Å². The van der Waals surface area contributed by atoms with Crippen LogP contribution in [0, 0.1) is 0 Å².